The first-order chi connectivity index (χ1) is 8.91. The molecule has 0 spiro atoms. The Bertz CT molecular complexity index is 516. The maximum atomic E-state index is 12.1. The van der Waals surface area contributed by atoms with Crippen molar-refractivity contribution < 1.29 is 13.5 Å². The van der Waals surface area contributed by atoms with E-state index in [0.29, 0.717) is 6.54 Å². The minimum atomic E-state index is -3.48. The summed E-state index contributed by atoms with van der Waals surface area (Å²) in [6.07, 6.45) is 5.76. The van der Waals surface area contributed by atoms with Gasteiger partial charge in [-0.3, -0.25) is 0 Å². The molecule has 0 bridgehead atoms. The van der Waals surface area contributed by atoms with E-state index in [1.54, 1.807) is 0 Å². The van der Waals surface area contributed by atoms with Gasteiger partial charge in [0, 0.05) is 6.54 Å². The zero-order chi connectivity index (χ0) is 13.9. The van der Waals surface area contributed by atoms with Gasteiger partial charge in [0.2, 0.25) is 10.0 Å². The zero-order valence-electron chi connectivity index (χ0n) is 11.2. The van der Waals surface area contributed by atoms with Crippen molar-refractivity contribution in [2.24, 2.45) is 5.41 Å². The van der Waals surface area contributed by atoms with E-state index < -0.39 is 10.0 Å². The van der Waals surface area contributed by atoms with Crippen LogP contribution in [0.2, 0.25) is 0 Å². The second-order valence-electron chi connectivity index (χ2n) is 5.69. The molecule has 1 aliphatic carbocycles. The Morgan fingerprint density at radius 1 is 1.16 bits per heavy atom. The number of hydrogen-bond donors (Lipinski definition) is 2. The Hall–Kier alpha value is -1.07. The molecule has 0 aromatic heterocycles. The Labute approximate surface area is 114 Å². The van der Waals surface area contributed by atoms with Gasteiger partial charge in [0.1, 0.15) is 5.75 Å². The highest BCUT2D eigenvalue weighted by molar-refractivity contribution is 7.89. The smallest absolute Gasteiger partial charge is 0.240 e. The highest BCUT2D eigenvalue weighted by Crippen LogP contribution is 2.35. The molecular weight excluding hydrogens is 262 g/mol. The van der Waals surface area contributed by atoms with Crippen molar-refractivity contribution in [2.45, 2.75) is 43.9 Å². The number of aromatic hydroxyl groups is 1. The summed E-state index contributed by atoms with van der Waals surface area (Å²) in [5.74, 6) is 0.0678. The van der Waals surface area contributed by atoms with E-state index in [1.807, 2.05) is 0 Å². The molecule has 2 rings (SSSR count). The van der Waals surface area contributed by atoms with E-state index in [1.165, 1.54) is 43.5 Å². The van der Waals surface area contributed by atoms with Crippen LogP contribution in [0.15, 0.2) is 29.2 Å². The van der Waals surface area contributed by atoms with Crippen LogP contribution in [0.25, 0.3) is 0 Å². The molecular formula is C14H21NO3S. The zero-order valence-corrected chi connectivity index (χ0v) is 12.0. The molecule has 0 unspecified atom stereocenters. The number of rotatable bonds is 4. The summed E-state index contributed by atoms with van der Waals surface area (Å²) >= 11 is 0. The van der Waals surface area contributed by atoms with Crippen LogP contribution in [0.3, 0.4) is 0 Å². The van der Waals surface area contributed by atoms with Gasteiger partial charge in [0.05, 0.1) is 4.90 Å². The molecule has 19 heavy (non-hydrogen) atoms. The van der Waals surface area contributed by atoms with Crippen LogP contribution < -0.4 is 4.72 Å². The summed E-state index contributed by atoms with van der Waals surface area (Å²) in [6, 6.07) is 5.61. The number of phenols is 1. The molecule has 1 fully saturated rings. The van der Waals surface area contributed by atoms with E-state index in [0.717, 1.165) is 12.8 Å². The molecule has 0 amide bonds. The van der Waals surface area contributed by atoms with Gasteiger partial charge in [-0.1, -0.05) is 26.2 Å². The lowest BCUT2D eigenvalue weighted by Crippen LogP contribution is -2.36. The lowest BCUT2D eigenvalue weighted by atomic mass is 9.76. The summed E-state index contributed by atoms with van der Waals surface area (Å²) in [5, 5.41) is 9.18. The number of sulfonamides is 1. The summed E-state index contributed by atoms with van der Waals surface area (Å²) < 4.78 is 27.0. The normalized spacial score (nSPS) is 19.2. The highest BCUT2D eigenvalue weighted by atomic mass is 32.2. The van der Waals surface area contributed by atoms with Gasteiger partial charge in [0.25, 0.3) is 0 Å². The third kappa shape index (κ3) is 3.70. The summed E-state index contributed by atoms with van der Waals surface area (Å²) in [4.78, 5) is 0.199. The Kier molecular flexibility index (Phi) is 4.16. The molecule has 1 aromatic rings. The number of benzene rings is 1. The van der Waals surface area contributed by atoms with Crippen LogP contribution >= 0.6 is 0 Å². The first-order valence-electron chi connectivity index (χ1n) is 6.70. The molecule has 1 saturated carbocycles. The number of nitrogens with one attached hydrogen (secondary N) is 1. The summed E-state index contributed by atoms with van der Waals surface area (Å²) in [5.41, 5.74) is 0.0717. The molecule has 2 N–H and O–H groups in total. The summed E-state index contributed by atoms with van der Waals surface area (Å²) in [6.45, 7) is 2.63. The minimum absolute atomic E-state index is 0.0678. The van der Waals surface area contributed by atoms with Crippen LogP contribution in [0.5, 0.6) is 5.75 Å². The minimum Gasteiger partial charge on any atom is -0.508 e. The Morgan fingerprint density at radius 2 is 1.74 bits per heavy atom. The van der Waals surface area contributed by atoms with Gasteiger partial charge >= 0.3 is 0 Å². The van der Waals surface area contributed by atoms with Gasteiger partial charge < -0.3 is 5.11 Å². The fourth-order valence-corrected chi connectivity index (χ4v) is 3.76. The molecule has 0 saturated heterocycles. The number of phenolic OH excluding ortho intramolecular Hbond substituents is 1. The van der Waals surface area contributed by atoms with Crippen molar-refractivity contribution in [1.29, 1.82) is 0 Å². The van der Waals surface area contributed by atoms with Gasteiger partial charge in [-0.05, 0) is 42.5 Å². The third-order valence-corrected chi connectivity index (χ3v) is 5.31. The molecule has 5 heteroatoms. The highest BCUT2D eigenvalue weighted by Gasteiger charge is 2.28. The largest absolute Gasteiger partial charge is 0.508 e. The maximum absolute atomic E-state index is 12.1. The van der Waals surface area contributed by atoms with Crippen LogP contribution in [0.4, 0.5) is 0 Å². The topological polar surface area (TPSA) is 66.4 Å². The van der Waals surface area contributed by atoms with Crippen LogP contribution in [-0.2, 0) is 10.0 Å². The van der Waals surface area contributed by atoms with E-state index >= 15 is 0 Å². The molecule has 0 heterocycles. The first-order valence-corrected chi connectivity index (χ1v) is 8.18. The maximum Gasteiger partial charge on any atom is 0.240 e. The fourth-order valence-electron chi connectivity index (χ4n) is 2.56. The quantitative estimate of drug-likeness (QED) is 0.892. The van der Waals surface area contributed by atoms with Gasteiger partial charge in [-0.25, -0.2) is 13.1 Å². The predicted octanol–water partition coefficient (Wildman–Crippen LogP) is 2.64. The molecule has 4 nitrogen and oxygen atoms in total. The van der Waals surface area contributed by atoms with E-state index in [9.17, 15) is 13.5 Å². The lowest BCUT2D eigenvalue weighted by molar-refractivity contribution is 0.219. The van der Waals surface area contributed by atoms with Crippen LogP contribution in [0.1, 0.15) is 39.0 Å². The number of hydrogen-bond acceptors (Lipinski definition) is 3. The van der Waals surface area contributed by atoms with Crippen LogP contribution in [-0.4, -0.2) is 20.1 Å². The van der Waals surface area contributed by atoms with Crippen molar-refractivity contribution in [3.8, 4) is 5.75 Å². The Morgan fingerprint density at radius 3 is 2.32 bits per heavy atom. The van der Waals surface area contributed by atoms with E-state index in [2.05, 4.69) is 11.6 Å². The molecule has 0 aliphatic heterocycles. The SMILES string of the molecule is CC1(CNS(=O)(=O)c2ccc(O)cc2)CCCCC1. The monoisotopic (exact) mass is 283 g/mol. The average Bonchev–Trinajstić information content (AvgIpc) is 2.38. The second kappa shape index (κ2) is 5.51. The lowest BCUT2D eigenvalue weighted by Gasteiger charge is -2.33. The Balaban J connectivity index is 2.03. The summed E-state index contributed by atoms with van der Waals surface area (Å²) in [7, 11) is -3.48. The predicted molar refractivity (Wildman–Crippen MR) is 74.5 cm³/mol. The van der Waals surface area contributed by atoms with Crippen molar-refractivity contribution in [3.63, 3.8) is 0 Å². The van der Waals surface area contributed by atoms with Crippen molar-refractivity contribution >= 4 is 10.0 Å². The molecule has 1 aliphatic rings. The van der Waals surface area contributed by atoms with Crippen molar-refractivity contribution in [2.75, 3.05) is 6.54 Å². The first kappa shape index (κ1) is 14.3. The fraction of sp³-hybridized carbons (Fsp3) is 0.571. The average molecular weight is 283 g/mol. The molecule has 0 radical (unpaired) electrons. The van der Waals surface area contributed by atoms with Gasteiger partial charge in [-0.2, -0.15) is 0 Å². The van der Waals surface area contributed by atoms with Crippen LogP contribution in [0, 0.1) is 5.41 Å². The standard InChI is InChI=1S/C14H21NO3S/c1-14(9-3-2-4-10-14)11-15-19(17,18)13-7-5-12(16)6-8-13/h5-8,15-16H,2-4,9-11H2,1H3. The van der Waals surface area contributed by atoms with Gasteiger partial charge in [-0.15, -0.1) is 0 Å². The van der Waals surface area contributed by atoms with Gasteiger partial charge in [0.15, 0.2) is 0 Å². The molecule has 0 atom stereocenters. The van der Waals surface area contributed by atoms with Crippen molar-refractivity contribution in [1.82, 2.24) is 4.72 Å². The van der Waals surface area contributed by atoms with Crippen molar-refractivity contribution in [3.05, 3.63) is 24.3 Å². The van der Waals surface area contributed by atoms with E-state index in [4.69, 9.17) is 0 Å². The third-order valence-electron chi connectivity index (χ3n) is 3.90. The molecule has 1 aromatic carbocycles. The second-order valence-corrected chi connectivity index (χ2v) is 7.46. The molecule has 106 valence electrons. The van der Waals surface area contributed by atoms with E-state index in [-0.39, 0.29) is 16.1 Å².